The van der Waals surface area contributed by atoms with Crippen LogP contribution in [0.5, 0.6) is 0 Å². The number of aromatic nitrogens is 3. The van der Waals surface area contributed by atoms with E-state index in [0.717, 1.165) is 34.5 Å². The maximum Gasteiger partial charge on any atom is 0.350 e. The highest BCUT2D eigenvalue weighted by Gasteiger charge is 2.32. The van der Waals surface area contributed by atoms with Crippen LogP contribution in [0.1, 0.15) is 22.8 Å². The van der Waals surface area contributed by atoms with Crippen molar-refractivity contribution in [2.24, 2.45) is 7.05 Å². The second-order valence-corrected chi connectivity index (χ2v) is 8.83. The number of aryl methyl sites for hydroxylation is 1. The Morgan fingerprint density at radius 2 is 1.68 bits per heavy atom. The molecule has 4 aromatic rings. The molecule has 2 heterocycles. The number of nitrogens with zero attached hydrogens (tertiary/aromatic N) is 5. The van der Waals surface area contributed by atoms with Crippen LogP contribution in [0.2, 0.25) is 0 Å². The molecule has 1 aliphatic rings. The quantitative estimate of drug-likeness (QED) is 0.442. The molecule has 9 nitrogen and oxygen atoms in total. The predicted octanol–water partition coefficient (Wildman–Crippen LogP) is 3.61. The number of rotatable bonds is 6. The summed E-state index contributed by atoms with van der Waals surface area (Å²) in [6, 6.07) is 20.7. The first-order valence-corrected chi connectivity index (χ1v) is 12.2. The van der Waals surface area contributed by atoms with Crippen molar-refractivity contribution in [1.29, 1.82) is 0 Å². The van der Waals surface area contributed by atoms with Gasteiger partial charge in [-0.15, -0.1) is 0 Å². The van der Waals surface area contributed by atoms with Gasteiger partial charge in [-0.05, 0) is 59.5 Å². The SMILES string of the molecule is CCc1c(-c2ccc(-n3cnn(C)c3=O)cc2)cccc1N1CCN(c2cccc(C(=O)NC)c2)C1=O. The number of carbonyl (C=O) groups excluding carboxylic acids is 2. The second kappa shape index (κ2) is 9.77. The van der Waals surface area contributed by atoms with E-state index >= 15 is 0 Å². The number of nitrogens with one attached hydrogen (secondary N) is 1. The average Bonchev–Trinajstić information content (AvgIpc) is 3.49. The van der Waals surface area contributed by atoms with Gasteiger partial charge in [-0.2, -0.15) is 5.10 Å². The fraction of sp³-hybridized carbons (Fsp3) is 0.214. The molecule has 37 heavy (non-hydrogen) atoms. The first kappa shape index (κ1) is 24.1. The Morgan fingerprint density at radius 1 is 0.946 bits per heavy atom. The third-order valence-electron chi connectivity index (χ3n) is 6.73. The van der Waals surface area contributed by atoms with Crippen LogP contribution in [0.15, 0.2) is 77.9 Å². The van der Waals surface area contributed by atoms with E-state index in [0.29, 0.717) is 24.3 Å². The van der Waals surface area contributed by atoms with Gasteiger partial charge in [0, 0.05) is 44.1 Å². The molecule has 0 spiro atoms. The molecule has 0 bridgehead atoms. The van der Waals surface area contributed by atoms with Gasteiger partial charge in [-0.1, -0.05) is 37.3 Å². The van der Waals surface area contributed by atoms with E-state index < -0.39 is 0 Å². The van der Waals surface area contributed by atoms with Gasteiger partial charge in [0.25, 0.3) is 5.91 Å². The van der Waals surface area contributed by atoms with Crippen LogP contribution >= 0.6 is 0 Å². The minimum Gasteiger partial charge on any atom is -0.355 e. The molecule has 0 unspecified atom stereocenters. The second-order valence-electron chi connectivity index (χ2n) is 8.83. The Balaban J connectivity index is 1.45. The Morgan fingerprint density at radius 3 is 2.35 bits per heavy atom. The van der Waals surface area contributed by atoms with Gasteiger partial charge in [-0.25, -0.2) is 18.8 Å². The van der Waals surface area contributed by atoms with Gasteiger partial charge in [0.2, 0.25) is 0 Å². The molecule has 3 amide bonds. The first-order chi connectivity index (χ1) is 17.9. The van der Waals surface area contributed by atoms with Crippen molar-refractivity contribution in [3.8, 4) is 16.8 Å². The van der Waals surface area contributed by atoms with Crippen molar-refractivity contribution in [1.82, 2.24) is 19.7 Å². The van der Waals surface area contributed by atoms with Crippen molar-refractivity contribution in [2.75, 3.05) is 29.9 Å². The Kier molecular flexibility index (Phi) is 6.35. The topological polar surface area (TPSA) is 92.5 Å². The predicted molar refractivity (Wildman–Crippen MR) is 144 cm³/mol. The molecular weight excluding hydrogens is 468 g/mol. The number of hydrogen-bond donors (Lipinski definition) is 1. The van der Waals surface area contributed by atoms with E-state index in [1.165, 1.54) is 15.6 Å². The standard InChI is InChI=1S/C28H28N6O3/c1-4-23-24(19-11-13-21(14-12-19)34-18-30-31(3)27(34)36)9-6-10-25(23)33-16-15-32(28(33)37)22-8-5-7-20(17-22)26(35)29-2/h5-14,17-18H,4,15-16H2,1-3H3,(H,29,35). The summed E-state index contributed by atoms with van der Waals surface area (Å²) in [6.07, 6.45) is 2.25. The molecule has 0 atom stereocenters. The lowest BCUT2D eigenvalue weighted by Crippen LogP contribution is -2.32. The van der Waals surface area contributed by atoms with Crippen LogP contribution in [0.4, 0.5) is 16.2 Å². The largest absolute Gasteiger partial charge is 0.355 e. The van der Waals surface area contributed by atoms with E-state index in [9.17, 15) is 14.4 Å². The highest BCUT2D eigenvalue weighted by atomic mass is 16.2. The van der Waals surface area contributed by atoms with Crippen LogP contribution in [-0.4, -0.2) is 46.4 Å². The normalized spacial score (nSPS) is 13.3. The van der Waals surface area contributed by atoms with Crippen LogP contribution in [0, 0.1) is 0 Å². The Bertz CT molecular complexity index is 1540. The molecule has 5 rings (SSSR count). The summed E-state index contributed by atoms with van der Waals surface area (Å²) in [5, 5.41) is 6.64. The summed E-state index contributed by atoms with van der Waals surface area (Å²) >= 11 is 0. The molecule has 1 saturated heterocycles. The number of carbonyl (C=O) groups is 2. The first-order valence-electron chi connectivity index (χ1n) is 12.2. The van der Waals surface area contributed by atoms with Crippen LogP contribution in [-0.2, 0) is 13.5 Å². The number of urea groups is 1. The number of anilines is 2. The van der Waals surface area contributed by atoms with E-state index in [1.54, 1.807) is 42.1 Å². The molecule has 3 aromatic carbocycles. The highest BCUT2D eigenvalue weighted by Crippen LogP contribution is 2.35. The smallest absolute Gasteiger partial charge is 0.350 e. The maximum atomic E-state index is 13.5. The Labute approximate surface area is 214 Å². The third-order valence-corrected chi connectivity index (χ3v) is 6.73. The maximum absolute atomic E-state index is 13.5. The van der Waals surface area contributed by atoms with Gasteiger partial charge >= 0.3 is 11.7 Å². The van der Waals surface area contributed by atoms with Gasteiger partial charge in [-0.3, -0.25) is 14.6 Å². The molecule has 1 fully saturated rings. The van der Waals surface area contributed by atoms with Crippen molar-refractivity contribution < 1.29 is 9.59 Å². The zero-order valence-corrected chi connectivity index (χ0v) is 21.0. The van der Waals surface area contributed by atoms with Crippen molar-refractivity contribution >= 4 is 23.3 Å². The molecule has 9 heteroatoms. The van der Waals surface area contributed by atoms with Crippen LogP contribution in [0.25, 0.3) is 16.8 Å². The zero-order valence-electron chi connectivity index (χ0n) is 21.0. The minimum absolute atomic E-state index is 0.118. The fourth-order valence-corrected chi connectivity index (χ4v) is 4.79. The number of hydrogen-bond acceptors (Lipinski definition) is 4. The lowest BCUT2D eigenvalue weighted by molar-refractivity contribution is 0.0963. The van der Waals surface area contributed by atoms with Crippen molar-refractivity contribution in [3.05, 3.63) is 94.7 Å². The van der Waals surface area contributed by atoms with Crippen molar-refractivity contribution in [2.45, 2.75) is 13.3 Å². The van der Waals surface area contributed by atoms with Gasteiger partial charge < -0.3 is 5.32 Å². The molecular formula is C28H28N6O3. The summed E-state index contributed by atoms with van der Waals surface area (Å²) in [5.41, 5.74) is 5.73. The summed E-state index contributed by atoms with van der Waals surface area (Å²) in [4.78, 5) is 41.4. The van der Waals surface area contributed by atoms with Crippen LogP contribution < -0.4 is 20.8 Å². The van der Waals surface area contributed by atoms with E-state index in [-0.39, 0.29) is 17.6 Å². The fourth-order valence-electron chi connectivity index (χ4n) is 4.79. The molecule has 0 aliphatic carbocycles. The third kappa shape index (κ3) is 4.29. The summed E-state index contributed by atoms with van der Waals surface area (Å²) < 4.78 is 2.79. The summed E-state index contributed by atoms with van der Waals surface area (Å²) in [5.74, 6) is -0.189. The average molecular weight is 497 g/mol. The van der Waals surface area contributed by atoms with Crippen LogP contribution in [0.3, 0.4) is 0 Å². The minimum atomic E-state index is -0.207. The van der Waals surface area contributed by atoms with E-state index in [2.05, 4.69) is 23.4 Å². The summed E-state index contributed by atoms with van der Waals surface area (Å²) in [6.45, 7) is 3.15. The molecule has 188 valence electrons. The monoisotopic (exact) mass is 496 g/mol. The van der Waals surface area contributed by atoms with E-state index in [1.807, 2.05) is 42.5 Å². The molecule has 1 aliphatic heterocycles. The van der Waals surface area contributed by atoms with E-state index in [4.69, 9.17) is 0 Å². The molecule has 1 aromatic heterocycles. The molecule has 1 N–H and O–H groups in total. The van der Waals surface area contributed by atoms with Gasteiger partial charge in [0.15, 0.2) is 0 Å². The summed E-state index contributed by atoms with van der Waals surface area (Å²) in [7, 11) is 3.20. The van der Waals surface area contributed by atoms with Crippen molar-refractivity contribution in [3.63, 3.8) is 0 Å². The lowest BCUT2D eigenvalue weighted by atomic mass is 9.96. The number of benzene rings is 3. The highest BCUT2D eigenvalue weighted by molar-refractivity contribution is 6.07. The van der Waals surface area contributed by atoms with Gasteiger partial charge in [0.1, 0.15) is 6.33 Å². The molecule has 0 radical (unpaired) electrons. The lowest BCUT2D eigenvalue weighted by Gasteiger charge is -2.23. The zero-order chi connectivity index (χ0) is 26.1. The molecule has 0 saturated carbocycles. The van der Waals surface area contributed by atoms with Gasteiger partial charge in [0.05, 0.1) is 5.69 Å². The number of amides is 3. The Hall–Kier alpha value is -4.66.